The molecule has 2 heterocycles. The molecule has 0 saturated carbocycles. The van der Waals surface area contributed by atoms with E-state index >= 15 is 0 Å². The van der Waals surface area contributed by atoms with Crippen LogP contribution in [0.2, 0.25) is 0 Å². The second kappa shape index (κ2) is 14.5. The zero-order chi connectivity index (χ0) is 32.1. The Hall–Kier alpha value is -3.55. The summed E-state index contributed by atoms with van der Waals surface area (Å²) in [4.78, 5) is 12.6. The topological polar surface area (TPSA) is 266 Å². The average molecular weight is 627 g/mol. The van der Waals surface area contributed by atoms with Crippen molar-refractivity contribution < 1.29 is 79.5 Å². The molecule has 2 aromatic carbocycles. The summed E-state index contributed by atoms with van der Waals surface area (Å²) in [6.07, 6.45) is -13.5. The molecule has 16 heteroatoms. The third-order valence-corrected chi connectivity index (χ3v) is 6.99. The second-order valence-electron chi connectivity index (χ2n) is 10.2. The molecule has 4 rings (SSSR count). The van der Waals surface area contributed by atoms with Gasteiger partial charge in [0.15, 0.2) is 41.7 Å². The quantitative estimate of drug-likeness (QED) is 0.0783. The van der Waals surface area contributed by atoms with Crippen molar-refractivity contribution in [3.05, 3.63) is 53.6 Å². The predicted molar refractivity (Wildman–Crippen MR) is 144 cm³/mol. The van der Waals surface area contributed by atoms with Gasteiger partial charge in [-0.3, -0.25) is 0 Å². The Kier molecular flexibility index (Phi) is 11.0. The highest BCUT2D eigenvalue weighted by Crippen LogP contribution is 2.30. The smallest absolute Gasteiger partial charge is 0.331 e. The minimum absolute atomic E-state index is 0.149. The van der Waals surface area contributed by atoms with E-state index in [1.165, 1.54) is 30.3 Å². The first-order chi connectivity index (χ1) is 20.8. The summed E-state index contributed by atoms with van der Waals surface area (Å²) in [5.41, 5.74) is 0.464. The molecule has 2 aliphatic heterocycles. The highest BCUT2D eigenvalue weighted by atomic mass is 16.7. The van der Waals surface area contributed by atoms with Crippen molar-refractivity contribution in [2.45, 2.75) is 61.4 Å². The van der Waals surface area contributed by atoms with Gasteiger partial charge in [-0.25, -0.2) is 4.79 Å². The molecule has 0 aliphatic carbocycles. The Morgan fingerprint density at radius 3 is 2.18 bits per heavy atom. The first kappa shape index (κ1) is 33.3. The van der Waals surface area contributed by atoms with Gasteiger partial charge in [-0.15, -0.1) is 0 Å². The number of aliphatic hydroxyl groups is 6. The fourth-order valence-corrected chi connectivity index (χ4v) is 4.45. The molecule has 10 N–H and O–H groups in total. The molecule has 0 bridgehead atoms. The van der Waals surface area contributed by atoms with Gasteiger partial charge in [-0.1, -0.05) is 12.1 Å². The number of carbonyl (C=O) groups excluding carboxylic acids is 1. The van der Waals surface area contributed by atoms with Crippen molar-refractivity contribution >= 4 is 12.0 Å². The van der Waals surface area contributed by atoms with Gasteiger partial charge >= 0.3 is 5.97 Å². The standard InChI is InChI=1S/C28H34O16/c29-14-4-1-12(7-16(14)31)2-6-21(35)44-26-20(11-42-27-24(38)22(36)19(34)10-40-27)43-28(25(39)23(26)37)41-9-18(33)13-3-5-15(30)17(32)8-13/h1-8,18-20,22-34,36-39H,9-11H2/t18-,19+,20+,22-,23+,24+,25+,26-,27+,28+/m0/s1. The van der Waals surface area contributed by atoms with Crippen LogP contribution in [-0.2, 0) is 28.5 Å². The molecule has 0 aromatic heterocycles. The van der Waals surface area contributed by atoms with Crippen molar-refractivity contribution in [3.8, 4) is 23.0 Å². The molecule has 44 heavy (non-hydrogen) atoms. The maximum Gasteiger partial charge on any atom is 0.331 e. The van der Waals surface area contributed by atoms with Crippen molar-refractivity contribution in [2.75, 3.05) is 19.8 Å². The molecule has 0 amide bonds. The Morgan fingerprint density at radius 2 is 1.50 bits per heavy atom. The molecule has 2 aliphatic rings. The molecule has 16 nitrogen and oxygen atoms in total. The summed E-state index contributed by atoms with van der Waals surface area (Å²) in [6.45, 7) is -1.45. The monoisotopic (exact) mass is 626 g/mol. The van der Waals surface area contributed by atoms with Crippen LogP contribution in [0.1, 0.15) is 17.2 Å². The number of carbonyl (C=O) groups is 1. The number of benzene rings is 2. The van der Waals surface area contributed by atoms with E-state index < -0.39 is 97.8 Å². The normalized spacial score (nSPS) is 31.5. The number of phenolic OH excluding ortho intramolecular Hbond substituents is 4. The number of hydrogen-bond acceptors (Lipinski definition) is 16. The van der Waals surface area contributed by atoms with Crippen LogP contribution in [0, 0.1) is 0 Å². The van der Waals surface area contributed by atoms with E-state index in [1.54, 1.807) is 0 Å². The van der Waals surface area contributed by atoms with E-state index in [9.17, 15) is 55.9 Å². The van der Waals surface area contributed by atoms with Crippen molar-refractivity contribution in [1.82, 2.24) is 0 Å². The lowest BCUT2D eigenvalue weighted by atomic mass is 9.98. The first-order valence-corrected chi connectivity index (χ1v) is 13.4. The minimum atomic E-state index is -1.84. The molecule has 0 unspecified atom stereocenters. The van der Waals surface area contributed by atoms with Crippen LogP contribution in [0.5, 0.6) is 23.0 Å². The molecule has 2 saturated heterocycles. The molecule has 0 spiro atoms. The van der Waals surface area contributed by atoms with Crippen LogP contribution >= 0.6 is 0 Å². The summed E-state index contributed by atoms with van der Waals surface area (Å²) >= 11 is 0. The van der Waals surface area contributed by atoms with E-state index in [1.807, 2.05) is 0 Å². The van der Waals surface area contributed by atoms with Crippen LogP contribution < -0.4 is 0 Å². The van der Waals surface area contributed by atoms with Gasteiger partial charge in [0.1, 0.15) is 42.7 Å². The van der Waals surface area contributed by atoms with Gasteiger partial charge in [-0.2, -0.15) is 0 Å². The first-order valence-electron chi connectivity index (χ1n) is 13.4. The van der Waals surface area contributed by atoms with Crippen LogP contribution in [0.15, 0.2) is 42.5 Å². The predicted octanol–water partition coefficient (Wildman–Crippen LogP) is -1.91. The molecule has 242 valence electrons. The number of phenols is 4. The summed E-state index contributed by atoms with van der Waals surface area (Å²) in [7, 11) is 0. The molecule has 2 fully saturated rings. The van der Waals surface area contributed by atoms with Gasteiger partial charge < -0.3 is 74.7 Å². The lowest BCUT2D eigenvalue weighted by molar-refractivity contribution is -0.323. The Morgan fingerprint density at radius 1 is 0.841 bits per heavy atom. The van der Waals surface area contributed by atoms with E-state index in [4.69, 9.17) is 23.7 Å². The largest absolute Gasteiger partial charge is 0.504 e. The summed E-state index contributed by atoms with van der Waals surface area (Å²) in [5.74, 6) is -2.72. The second-order valence-corrected chi connectivity index (χ2v) is 10.2. The number of esters is 1. The van der Waals surface area contributed by atoms with Gasteiger partial charge in [0.25, 0.3) is 0 Å². The van der Waals surface area contributed by atoms with Crippen molar-refractivity contribution in [1.29, 1.82) is 0 Å². The third-order valence-electron chi connectivity index (χ3n) is 6.99. The van der Waals surface area contributed by atoms with E-state index in [0.717, 1.165) is 18.2 Å². The summed E-state index contributed by atoms with van der Waals surface area (Å²) in [5, 5.41) is 100. The minimum Gasteiger partial charge on any atom is -0.504 e. The van der Waals surface area contributed by atoms with E-state index in [2.05, 4.69) is 0 Å². The number of aromatic hydroxyl groups is 4. The van der Waals surface area contributed by atoms with Crippen LogP contribution in [0.4, 0.5) is 0 Å². The fraction of sp³-hybridized carbons (Fsp3) is 0.464. The third kappa shape index (κ3) is 7.93. The maximum absolute atomic E-state index is 12.6. The highest BCUT2D eigenvalue weighted by molar-refractivity contribution is 5.87. The van der Waals surface area contributed by atoms with Gasteiger partial charge in [0.05, 0.1) is 19.8 Å². The molecule has 10 atom stereocenters. The number of ether oxygens (including phenoxy) is 5. The van der Waals surface area contributed by atoms with E-state index in [-0.39, 0.29) is 17.9 Å². The number of hydrogen-bond donors (Lipinski definition) is 10. The summed E-state index contributed by atoms with van der Waals surface area (Å²) < 4.78 is 27.2. The molecule has 2 aromatic rings. The molecule has 0 radical (unpaired) electrons. The molecular weight excluding hydrogens is 592 g/mol. The lowest BCUT2D eigenvalue weighted by Gasteiger charge is -2.42. The van der Waals surface area contributed by atoms with Crippen molar-refractivity contribution in [3.63, 3.8) is 0 Å². The van der Waals surface area contributed by atoms with Gasteiger partial charge in [0.2, 0.25) is 0 Å². The fourth-order valence-electron chi connectivity index (χ4n) is 4.45. The van der Waals surface area contributed by atoms with E-state index in [0.29, 0.717) is 5.56 Å². The van der Waals surface area contributed by atoms with Gasteiger partial charge in [0, 0.05) is 6.08 Å². The van der Waals surface area contributed by atoms with Crippen LogP contribution in [0.3, 0.4) is 0 Å². The summed E-state index contributed by atoms with van der Waals surface area (Å²) in [6, 6.07) is 7.32. The average Bonchev–Trinajstić information content (AvgIpc) is 2.99. The SMILES string of the molecule is O=C(C=Cc1ccc(O)c(O)c1)O[C@@H]1[C@H](O)[C@@H](O)[C@H](OC[C@H](O)c2ccc(O)c(O)c2)O[C@@H]1CO[C@H]1OC[C@@H](O)[C@H](O)[C@H]1O. The Bertz CT molecular complexity index is 1300. The zero-order valence-electron chi connectivity index (χ0n) is 22.9. The number of rotatable bonds is 10. The maximum atomic E-state index is 12.6. The van der Waals surface area contributed by atoms with Crippen LogP contribution in [0.25, 0.3) is 6.08 Å². The zero-order valence-corrected chi connectivity index (χ0v) is 22.9. The number of aliphatic hydroxyl groups excluding tert-OH is 6. The van der Waals surface area contributed by atoms with Crippen LogP contribution in [-0.4, -0.2) is 132 Å². The van der Waals surface area contributed by atoms with Crippen molar-refractivity contribution in [2.24, 2.45) is 0 Å². The van der Waals surface area contributed by atoms with Gasteiger partial charge in [-0.05, 0) is 41.5 Å². The lowest BCUT2D eigenvalue weighted by Crippen LogP contribution is -2.61. The Labute approximate surface area is 249 Å². The Balaban J connectivity index is 1.46. The highest BCUT2D eigenvalue weighted by Gasteiger charge is 2.48. The molecular formula is C28H34O16.